The molecule has 4 saturated carbocycles. The fourth-order valence-corrected chi connectivity index (χ4v) is 7.74. The van der Waals surface area contributed by atoms with E-state index in [2.05, 4.69) is 36.2 Å². The Hall–Kier alpha value is -2.34. The van der Waals surface area contributed by atoms with Gasteiger partial charge in [0.2, 0.25) is 0 Å². The number of fused-ring (bicyclic) bond motifs is 3. The number of anilines is 1. The number of aromatic nitrogens is 2. The monoisotopic (exact) mass is 465 g/mol. The number of aliphatic imine (C=N–C) groups is 1. The first-order valence-electron chi connectivity index (χ1n) is 12.5. The number of imidazole rings is 1. The van der Waals surface area contributed by atoms with Gasteiger partial charge in [-0.3, -0.25) is 14.8 Å². The number of amidine groups is 1. The Morgan fingerprint density at radius 3 is 2.61 bits per heavy atom. The molecule has 33 heavy (non-hydrogen) atoms. The number of carbonyl (C=O) groups excluding carboxylic acids is 1. The van der Waals surface area contributed by atoms with E-state index in [1.165, 1.54) is 37.7 Å². The van der Waals surface area contributed by atoms with E-state index in [0.717, 1.165) is 53.8 Å². The predicted octanol–water partition coefficient (Wildman–Crippen LogP) is 4.93. The molecule has 2 amide bonds. The second kappa shape index (κ2) is 7.59. The molecule has 6 aliphatic rings. The largest absolute Gasteiger partial charge is 0.337 e. The molecule has 7 heteroatoms. The molecule has 3 heterocycles. The first-order valence-corrected chi connectivity index (χ1v) is 12.5. The molecule has 8 rings (SSSR count). The van der Waals surface area contributed by atoms with Crippen LogP contribution in [0, 0.1) is 17.8 Å². The maximum absolute atomic E-state index is 13.5. The van der Waals surface area contributed by atoms with Crippen LogP contribution in [0.5, 0.6) is 0 Å². The minimum absolute atomic E-state index is 0. The summed E-state index contributed by atoms with van der Waals surface area (Å²) >= 11 is 0. The summed E-state index contributed by atoms with van der Waals surface area (Å²) in [5, 5.41) is 0. The third-order valence-corrected chi connectivity index (χ3v) is 8.80. The molecule has 0 spiro atoms. The van der Waals surface area contributed by atoms with Crippen LogP contribution < -0.4 is 4.90 Å². The van der Waals surface area contributed by atoms with Crippen LogP contribution in [0.25, 0.3) is 0 Å². The molecule has 3 atom stereocenters. The number of H-pyrrole nitrogens is 1. The van der Waals surface area contributed by atoms with Crippen molar-refractivity contribution in [3.05, 3.63) is 47.4 Å². The number of carbonyl (C=O) groups is 1. The first kappa shape index (κ1) is 21.2. The topological polar surface area (TPSA) is 64.6 Å². The van der Waals surface area contributed by atoms with Crippen molar-refractivity contribution < 1.29 is 4.79 Å². The summed E-state index contributed by atoms with van der Waals surface area (Å²) in [5.74, 6) is 5.29. The molecule has 174 valence electrons. The SMILES string of the molecule is CCCN1C(=O)N2C[C@@H](Cc3ccccc3)N=C2c2[nH]c(C34CC5CC(CC3C5)C4)nc21.Cl. The van der Waals surface area contributed by atoms with Gasteiger partial charge < -0.3 is 4.98 Å². The van der Waals surface area contributed by atoms with E-state index in [1.54, 1.807) is 0 Å². The summed E-state index contributed by atoms with van der Waals surface area (Å²) < 4.78 is 0. The lowest BCUT2D eigenvalue weighted by atomic mass is 9.75. The van der Waals surface area contributed by atoms with E-state index >= 15 is 0 Å². The number of urea groups is 1. The molecule has 2 aliphatic heterocycles. The van der Waals surface area contributed by atoms with Crippen molar-refractivity contribution in [2.75, 3.05) is 18.0 Å². The highest BCUT2D eigenvalue weighted by atomic mass is 35.5. The Morgan fingerprint density at radius 2 is 1.88 bits per heavy atom. The van der Waals surface area contributed by atoms with Gasteiger partial charge in [0.1, 0.15) is 11.5 Å². The fraction of sp³-hybridized carbons (Fsp3) is 0.577. The van der Waals surface area contributed by atoms with Crippen LogP contribution in [0.2, 0.25) is 0 Å². The number of aromatic amines is 1. The summed E-state index contributed by atoms with van der Waals surface area (Å²) in [7, 11) is 0. The molecule has 4 bridgehead atoms. The summed E-state index contributed by atoms with van der Waals surface area (Å²) in [6.07, 6.45) is 8.47. The zero-order valence-corrected chi connectivity index (χ0v) is 20.0. The van der Waals surface area contributed by atoms with E-state index < -0.39 is 0 Å². The Bertz CT molecular complexity index is 1100. The summed E-state index contributed by atoms with van der Waals surface area (Å²) in [4.78, 5) is 31.3. The molecule has 1 aromatic carbocycles. The Balaban J connectivity index is 0.00000206. The lowest BCUT2D eigenvalue weighted by Gasteiger charge is -2.32. The Morgan fingerprint density at radius 1 is 1.12 bits per heavy atom. The first-order chi connectivity index (χ1) is 15.6. The number of hydrogen-bond donors (Lipinski definition) is 1. The highest BCUT2D eigenvalue weighted by Gasteiger charge is 2.60. The van der Waals surface area contributed by atoms with Gasteiger partial charge in [-0.05, 0) is 68.3 Å². The van der Waals surface area contributed by atoms with Crippen LogP contribution in [0.15, 0.2) is 35.3 Å². The van der Waals surface area contributed by atoms with Gasteiger partial charge in [0.25, 0.3) is 0 Å². The van der Waals surface area contributed by atoms with Crippen LogP contribution in [0.3, 0.4) is 0 Å². The number of amides is 2. The van der Waals surface area contributed by atoms with Crippen molar-refractivity contribution in [1.82, 2.24) is 14.9 Å². The van der Waals surface area contributed by atoms with Crippen LogP contribution in [0.4, 0.5) is 10.6 Å². The third kappa shape index (κ3) is 3.02. The minimum atomic E-state index is 0. The molecule has 0 saturated heterocycles. The van der Waals surface area contributed by atoms with Gasteiger partial charge in [0.15, 0.2) is 11.7 Å². The van der Waals surface area contributed by atoms with Crippen molar-refractivity contribution in [3.63, 3.8) is 0 Å². The van der Waals surface area contributed by atoms with Gasteiger partial charge in [0.05, 0.1) is 12.6 Å². The fourth-order valence-electron chi connectivity index (χ4n) is 7.74. The van der Waals surface area contributed by atoms with Crippen molar-refractivity contribution in [2.45, 2.75) is 63.3 Å². The van der Waals surface area contributed by atoms with Gasteiger partial charge in [0, 0.05) is 12.0 Å². The van der Waals surface area contributed by atoms with Gasteiger partial charge in [-0.1, -0.05) is 37.3 Å². The number of benzene rings is 1. The van der Waals surface area contributed by atoms with Gasteiger partial charge in [-0.15, -0.1) is 12.4 Å². The summed E-state index contributed by atoms with van der Waals surface area (Å²) in [5.41, 5.74) is 2.45. The van der Waals surface area contributed by atoms with Gasteiger partial charge >= 0.3 is 6.03 Å². The van der Waals surface area contributed by atoms with Crippen molar-refractivity contribution >= 4 is 30.1 Å². The molecule has 0 radical (unpaired) electrons. The number of rotatable bonds is 5. The molecule has 4 aliphatic carbocycles. The molecule has 1 aromatic heterocycles. The predicted molar refractivity (Wildman–Crippen MR) is 131 cm³/mol. The average Bonchev–Trinajstić information content (AvgIpc) is 3.52. The second-order valence-corrected chi connectivity index (χ2v) is 10.8. The minimum Gasteiger partial charge on any atom is -0.337 e. The molecule has 2 aromatic rings. The zero-order valence-electron chi connectivity index (χ0n) is 19.2. The van der Waals surface area contributed by atoms with Gasteiger partial charge in [-0.2, -0.15) is 0 Å². The van der Waals surface area contributed by atoms with Crippen molar-refractivity contribution in [2.24, 2.45) is 22.7 Å². The van der Waals surface area contributed by atoms with Crippen LogP contribution in [-0.2, 0) is 11.8 Å². The zero-order chi connectivity index (χ0) is 21.4. The van der Waals surface area contributed by atoms with E-state index in [1.807, 2.05) is 15.9 Å². The molecule has 4 fully saturated rings. The summed E-state index contributed by atoms with van der Waals surface area (Å²) in [6, 6.07) is 10.6. The Kier molecular flexibility index (Phi) is 4.88. The highest BCUT2D eigenvalue weighted by Crippen LogP contribution is 2.65. The standard InChI is InChI=1S/C26H31N5O.ClH/c1-2-8-30-23-21(28-24(29-23)26-13-17-9-18(14-26)11-19(26)10-17)22-27-20(15-31(22)25(30)32)12-16-6-4-3-5-7-16;/h3-7,17-20H,2,8-15H2,1H3,(H,28,29);1H/t17?,18?,19?,20-,26?;/m1./s1. The molecule has 6 nitrogen and oxygen atoms in total. The maximum atomic E-state index is 13.5. The van der Waals surface area contributed by atoms with E-state index in [0.29, 0.717) is 13.1 Å². The highest BCUT2D eigenvalue weighted by molar-refractivity contribution is 6.18. The van der Waals surface area contributed by atoms with Crippen molar-refractivity contribution in [3.8, 4) is 0 Å². The normalized spacial score (nSPS) is 33.2. The number of hydrogen-bond acceptors (Lipinski definition) is 3. The van der Waals surface area contributed by atoms with E-state index in [-0.39, 0.29) is 29.9 Å². The quantitative estimate of drug-likeness (QED) is 0.680. The van der Waals surface area contributed by atoms with E-state index in [4.69, 9.17) is 9.98 Å². The molecular weight excluding hydrogens is 434 g/mol. The Labute approximate surface area is 201 Å². The van der Waals surface area contributed by atoms with Crippen LogP contribution >= 0.6 is 12.4 Å². The van der Waals surface area contributed by atoms with Crippen LogP contribution in [-0.4, -0.2) is 45.9 Å². The summed E-state index contributed by atoms with van der Waals surface area (Å²) in [6.45, 7) is 3.47. The number of halogens is 1. The smallest absolute Gasteiger partial charge is 0.331 e. The van der Waals surface area contributed by atoms with E-state index in [9.17, 15) is 4.79 Å². The molecule has 2 unspecified atom stereocenters. The van der Waals surface area contributed by atoms with Crippen LogP contribution in [0.1, 0.15) is 62.5 Å². The van der Waals surface area contributed by atoms with Gasteiger partial charge in [-0.25, -0.2) is 9.78 Å². The second-order valence-electron chi connectivity index (χ2n) is 10.8. The third-order valence-electron chi connectivity index (χ3n) is 8.80. The lowest BCUT2D eigenvalue weighted by Crippen LogP contribution is -2.50. The van der Waals surface area contributed by atoms with Crippen molar-refractivity contribution in [1.29, 1.82) is 0 Å². The maximum Gasteiger partial charge on any atom is 0.331 e. The molecular formula is C26H32ClN5O. The molecule has 1 N–H and O–H groups in total. The lowest BCUT2D eigenvalue weighted by molar-refractivity contribution is 0.226. The number of nitrogens with one attached hydrogen (secondary N) is 1. The average molecular weight is 466 g/mol. The number of nitrogens with zero attached hydrogens (tertiary/aromatic N) is 4.